The van der Waals surface area contributed by atoms with E-state index >= 15 is 0 Å². The van der Waals surface area contributed by atoms with E-state index in [1.807, 2.05) is 0 Å². The SMILES string of the molecule is NCC(O)C(O)CC(O)C(N)O. The van der Waals surface area contributed by atoms with Crippen LogP contribution in [-0.4, -0.2) is 51.5 Å². The van der Waals surface area contributed by atoms with E-state index in [1.54, 1.807) is 0 Å². The topological polar surface area (TPSA) is 133 Å². The molecule has 0 bridgehead atoms. The molecule has 0 aliphatic rings. The van der Waals surface area contributed by atoms with Crippen LogP contribution in [0.15, 0.2) is 0 Å². The average Bonchev–Trinajstić information content (AvgIpc) is 2.02. The van der Waals surface area contributed by atoms with Crippen molar-refractivity contribution in [2.24, 2.45) is 11.5 Å². The fraction of sp³-hybridized carbons (Fsp3) is 1.00. The Morgan fingerprint density at radius 1 is 0.917 bits per heavy atom. The van der Waals surface area contributed by atoms with E-state index in [0.29, 0.717) is 0 Å². The van der Waals surface area contributed by atoms with Crippen LogP contribution in [0.5, 0.6) is 0 Å². The molecule has 0 rings (SSSR count). The first-order valence-electron chi connectivity index (χ1n) is 3.67. The zero-order valence-electron chi connectivity index (χ0n) is 6.67. The lowest BCUT2D eigenvalue weighted by Crippen LogP contribution is -2.41. The van der Waals surface area contributed by atoms with Crippen molar-refractivity contribution in [2.45, 2.75) is 31.0 Å². The maximum Gasteiger partial charge on any atom is 0.128 e. The Labute approximate surface area is 70.4 Å². The predicted molar refractivity (Wildman–Crippen MR) is 41.9 cm³/mol. The van der Waals surface area contributed by atoms with Crippen molar-refractivity contribution >= 4 is 0 Å². The van der Waals surface area contributed by atoms with Gasteiger partial charge in [-0.05, 0) is 0 Å². The maximum atomic E-state index is 9.08. The third kappa shape index (κ3) is 3.96. The molecule has 0 aromatic carbocycles. The molecule has 0 aromatic heterocycles. The molecule has 0 saturated heterocycles. The van der Waals surface area contributed by atoms with Gasteiger partial charge in [-0.1, -0.05) is 0 Å². The predicted octanol–water partition coefficient (Wildman–Crippen LogP) is -3.30. The minimum Gasteiger partial charge on any atom is -0.390 e. The van der Waals surface area contributed by atoms with Gasteiger partial charge in [0.05, 0.1) is 18.3 Å². The Hall–Kier alpha value is -0.240. The van der Waals surface area contributed by atoms with Crippen molar-refractivity contribution < 1.29 is 20.4 Å². The van der Waals surface area contributed by atoms with Crippen molar-refractivity contribution in [1.82, 2.24) is 0 Å². The standard InChI is InChI=1S/C6H16N2O4/c7-2-5(11)3(9)1-4(10)6(8)12/h3-6,9-12H,1-2,7-8H2. The summed E-state index contributed by atoms with van der Waals surface area (Å²) >= 11 is 0. The first kappa shape index (κ1) is 11.8. The molecule has 0 saturated carbocycles. The minimum absolute atomic E-state index is 0.103. The van der Waals surface area contributed by atoms with Gasteiger partial charge in [-0.15, -0.1) is 0 Å². The maximum absolute atomic E-state index is 9.08. The summed E-state index contributed by atoms with van der Waals surface area (Å²) in [7, 11) is 0. The Kier molecular flexibility index (Phi) is 5.31. The summed E-state index contributed by atoms with van der Waals surface area (Å²) in [6.45, 7) is -0.103. The van der Waals surface area contributed by atoms with Crippen molar-refractivity contribution in [2.75, 3.05) is 6.54 Å². The molecule has 0 aliphatic heterocycles. The van der Waals surface area contributed by atoms with Crippen LogP contribution in [-0.2, 0) is 0 Å². The highest BCUT2D eigenvalue weighted by Gasteiger charge is 2.21. The highest BCUT2D eigenvalue weighted by Crippen LogP contribution is 2.03. The quantitative estimate of drug-likeness (QED) is 0.245. The molecule has 0 aromatic rings. The van der Waals surface area contributed by atoms with E-state index in [4.69, 9.17) is 31.9 Å². The van der Waals surface area contributed by atoms with Gasteiger partial charge in [0, 0.05) is 13.0 Å². The molecule has 0 heterocycles. The van der Waals surface area contributed by atoms with E-state index in [0.717, 1.165) is 0 Å². The van der Waals surface area contributed by atoms with Crippen molar-refractivity contribution in [3.8, 4) is 0 Å². The van der Waals surface area contributed by atoms with E-state index in [9.17, 15) is 0 Å². The Bertz CT molecular complexity index is 122. The summed E-state index contributed by atoms with van der Waals surface area (Å²) in [5, 5.41) is 35.6. The summed E-state index contributed by atoms with van der Waals surface area (Å²) in [5.41, 5.74) is 9.95. The molecule has 8 N–H and O–H groups in total. The van der Waals surface area contributed by atoms with Crippen molar-refractivity contribution in [3.63, 3.8) is 0 Å². The number of aliphatic hydroxyl groups excluding tert-OH is 4. The van der Waals surface area contributed by atoms with Crippen LogP contribution in [0.2, 0.25) is 0 Å². The van der Waals surface area contributed by atoms with Gasteiger partial charge in [0.25, 0.3) is 0 Å². The highest BCUT2D eigenvalue weighted by atomic mass is 16.3. The Morgan fingerprint density at radius 3 is 1.75 bits per heavy atom. The summed E-state index contributed by atoms with van der Waals surface area (Å²) in [5.74, 6) is 0. The van der Waals surface area contributed by atoms with E-state index in [2.05, 4.69) is 0 Å². The first-order valence-corrected chi connectivity index (χ1v) is 3.67. The minimum atomic E-state index is -1.41. The number of hydrogen-bond donors (Lipinski definition) is 6. The monoisotopic (exact) mass is 180 g/mol. The van der Waals surface area contributed by atoms with Gasteiger partial charge in [0.1, 0.15) is 6.23 Å². The van der Waals surface area contributed by atoms with Crippen molar-refractivity contribution in [1.29, 1.82) is 0 Å². The second kappa shape index (κ2) is 5.41. The van der Waals surface area contributed by atoms with Crippen LogP contribution < -0.4 is 11.5 Å². The molecule has 4 unspecified atom stereocenters. The van der Waals surface area contributed by atoms with Gasteiger partial charge in [-0.25, -0.2) is 0 Å². The summed E-state index contributed by atoms with van der Waals surface area (Å²) < 4.78 is 0. The van der Waals surface area contributed by atoms with Gasteiger partial charge in [0.2, 0.25) is 0 Å². The number of nitrogens with two attached hydrogens (primary N) is 2. The lowest BCUT2D eigenvalue weighted by molar-refractivity contribution is -0.0432. The average molecular weight is 180 g/mol. The molecule has 0 amide bonds. The molecule has 74 valence electrons. The van der Waals surface area contributed by atoms with E-state index in [1.165, 1.54) is 0 Å². The van der Waals surface area contributed by atoms with Crippen LogP contribution in [0.4, 0.5) is 0 Å². The smallest absolute Gasteiger partial charge is 0.128 e. The van der Waals surface area contributed by atoms with Crippen LogP contribution in [0.1, 0.15) is 6.42 Å². The molecular weight excluding hydrogens is 164 g/mol. The molecule has 0 aliphatic carbocycles. The Balaban J connectivity index is 3.75. The van der Waals surface area contributed by atoms with Crippen LogP contribution in [0.3, 0.4) is 0 Å². The van der Waals surface area contributed by atoms with Gasteiger partial charge in [-0.2, -0.15) is 0 Å². The molecule has 6 nitrogen and oxygen atoms in total. The van der Waals surface area contributed by atoms with E-state index < -0.39 is 24.5 Å². The summed E-state index contributed by atoms with van der Waals surface area (Å²) in [4.78, 5) is 0. The fourth-order valence-corrected chi connectivity index (χ4v) is 0.701. The molecule has 0 radical (unpaired) electrons. The molecule has 0 fully saturated rings. The molecule has 4 atom stereocenters. The van der Waals surface area contributed by atoms with Crippen LogP contribution in [0.25, 0.3) is 0 Å². The van der Waals surface area contributed by atoms with Gasteiger partial charge in [-0.3, -0.25) is 0 Å². The lowest BCUT2D eigenvalue weighted by Gasteiger charge is -2.20. The largest absolute Gasteiger partial charge is 0.390 e. The van der Waals surface area contributed by atoms with E-state index in [-0.39, 0.29) is 13.0 Å². The summed E-state index contributed by atoms with van der Waals surface area (Å²) in [6.07, 6.45) is -5.12. The van der Waals surface area contributed by atoms with Crippen molar-refractivity contribution in [3.05, 3.63) is 0 Å². The molecule has 12 heavy (non-hydrogen) atoms. The highest BCUT2D eigenvalue weighted by molar-refractivity contribution is 4.73. The Morgan fingerprint density at radius 2 is 1.42 bits per heavy atom. The number of hydrogen-bond acceptors (Lipinski definition) is 6. The van der Waals surface area contributed by atoms with Gasteiger partial charge < -0.3 is 31.9 Å². The van der Waals surface area contributed by atoms with Gasteiger partial charge in [0.15, 0.2) is 0 Å². The third-order valence-corrected chi connectivity index (χ3v) is 1.56. The summed E-state index contributed by atoms with van der Waals surface area (Å²) in [6, 6.07) is 0. The number of aliphatic hydroxyl groups is 4. The normalized spacial score (nSPS) is 21.5. The van der Waals surface area contributed by atoms with Gasteiger partial charge >= 0.3 is 0 Å². The first-order chi connectivity index (χ1) is 5.49. The molecule has 0 spiro atoms. The number of rotatable bonds is 5. The zero-order chi connectivity index (χ0) is 9.72. The second-order valence-electron chi connectivity index (χ2n) is 2.66. The second-order valence-corrected chi connectivity index (χ2v) is 2.66. The molecular formula is C6H16N2O4. The lowest BCUT2D eigenvalue weighted by atomic mass is 10.1. The zero-order valence-corrected chi connectivity index (χ0v) is 6.67. The molecule has 6 heteroatoms. The van der Waals surface area contributed by atoms with Crippen LogP contribution in [0, 0.1) is 0 Å². The third-order valence-electron chi connectivity index (χ3n) is 1.56. The fourth-order valence-electron chi connectivity index (χ4n) is 0.701. The van der Waals surface area contributed by atoms with Crippen LogP contribution >= 0.6 is 0 Å².